The van der Waals surface area contributed by atoms with Crippen molar-refractivity contribution in [3.05, 3.63) is 66.9 Å². The molecule has 0 saturated heterocycles. The number of para-hydroxylation sites is 1. The molecule has 0 N–H and O–H groups in total. The average Bonchev–Trinajstić information content (AvgIpc) is 2.63. The third-order valence-electron chi connectivity index (χ3n) is 3.65. The van der Waals surface area contributed by atoms with Crippen LogP contribution >= 0.6 is 0 Å². The number of rotatable bonds is 6. The Morgan fingerprint density at radius 2 is 1.67 bits per heavy atom. The lowest BCUT2D eigenvalue weighted by Gasteiger charge is -2.13. The van der Waals surface area contributed by atoms with Crippen molar-refractivity contribution in [2.24, 2.45) is 0 Å². The van der Waals surface area contributed by atoms with Crippen LogP contribution in [0.15, 0.2) is 66.9 Å². The van der Waals surface area contributed by atoms with Gasteiger partial charge in [-0.05, 0) is 32.3 Å². The number of nitrogens with zero attached hydrogens (tertiary/aromatic N) is 3. The van der Waals surface area contributed by atoms with Gasteiger partial charge in [0.2, 0.25) is 0 Å². The predicted octanol–water partition coefficient (Wildman–Crippen LogP) is 3.75. The molecule has 0 spiro atoms. The molecule has 3 aromatic rings. The second kappa shape index (κ2) is 7.70. The molecule has 0 aliphatic rings. The Balaban J connectivity index is 1.89. The Labute approximate surface area is 142 Å². The summed E-state index contributed by atoms with van der Waals surface area (Å²) in [5, 5.41) is 0. The third-order valence-corrected chi connectivity index (χ3v) is 3.65. The molecule has 4 heteroatoms. The van der Waals surface area contributed by atoms with Gasteiger partial charge in [-0.3, -0.25) is 0 Å². The first kappa shape index (κ1) is 16.1. The molecule has 0 saturated carbocycles. The van der Waals surface area contributed by atoms with Gasteiger partial charge in [-0.2, -0.15) is 0 Å². The van der Waals surface area contributed by atoms with Crippen LogP contribution in [0.4, 0.5) is 0 Å². The highest BCUT2D eigenvalue weighted by Crippen LogP contribution is 2.28. The number of aromatic nitrogens is 2. The summed E-state index contributed by atoms with van der Waals surface area (Å²) in [6.07, 6.45) is 1.79. The van der Waals surface area contributed by atoms with E-state index in [2.05, 4.69) is 9.88 Å². The molecule has 4 nitrogen and oxygen atoms in total. The minimum atomic E-state index is 0.627. The molecular weight excluding hydrogens is 298 g/mol. The molecule has 0 atom stereocenters. The molecule has 0 fully saturated rings. The summed E-state index contributed by atoms with van der Waals surface area (Å²) in [7, 11) is 4.06. The van der Waals surface area contributed by atoms with Crippen molar-refractivity contribution in [3.8, 4) is 28.4 Å². The van der Waals surface area contributed by atoms with Gasteiger partial charge in [0.05, 0.1) is 11.3 Å². The van der Waals surface area contributed by atoms with Crippen LogP contribution in [0.3, 0.4) is 0 Å². The molecule has 0 unspecified atom stereocenters. The van der Waals surface area contributed by atoms with Crippen LogP contribution in [0.2, 0.25) is 0 Å². The van der Waals surface area contributed by atoms with E-state index in [4.69, 9.17) is 9.72 Å². The summed E-state index contributed by atoms with van der Waals surface area (Å²) in [5.41, 5.74) is 2.89. The standard InChI is InChI=1S/C20H21N3O/c1-23(2)14-15-24-19-11-7-6-10-17(19)20-21-13-12-18(22-20)16-8-4-3-5-9-16/h3-13H,14-15H2,1-2H3. The third kappa shape index (κ3) is 3.97. The van der Waals surface area contributed by atoms with Crippen LogP contribution in [0.5, 0.6) is 5.75 Å². The molecule has 0 radical (unpaired) electrons. The molecule has 0 aliphatic heterocycles. The van der Waals surface area contributed by atoms with Crippen molar-refractivity contribution in [3.63, 3.8) is 0 Å². The van der Waals surface area contributed by atoms with Gasteiger partial charge in [0, 0.05) is 18.3 Å². The molecular formula is C20H21N3O. The van der Waals surface area contributed by atoms with Crippen LogP contribution in [-0.4, -0.2) is 42.1 Å². The van der Waals surface area contributed by atoms with Crippen molar-refractivity contribution < 1.29 is 4.74 Å². The summed E-state index contributed by atoms with van der Waals surface area (Å²) in [5.74, 6) is 1.49. The molecule has 122 valence electrons. The predicted molar refractivity (Wildman–Crippen MR) is 97.0 cm³/mol. The van der Waals surface area contributed by atoms with E-state index in [0.717, 1.165) is 29.1 Å². The first-order valence-corrected chi connectivity index (χ1v) is 7.99. The van der Waals surface area contributed by atoms with E-state index in [0.29, 0.717) is 12.4 Å². The van der Waals surface area contributed by atoms with Crippen LogP contribution in [0.1, 0.15) is 0 Å². The van der Waals surface area contributed by atoms with Crippen molar-refractivity contribution in [2.45, 2.75) is 0 Å². The Hall–Kier alpha value is -2.72. The average molecular weight is 319 g/mol. The van der Waals surface area contributed by atoms with Crippen LogP contribution in [-0.2, 0) is 0 Å². The second-order valence-electron chi connectivity index (χ2n) is 5.78. The van der Waals surface area contributed by atoms with Gasteiger partial charge in [0.15, 0.2) is 5.82 Å². The lowest BCUT2D eigenvalue weighted by molar-refractivity contribution is 0.262. The van der Waals surface area contributed by atoms with Crippen molar-refractivity contribution in [1.82, 2.24) is 14.9 Å². The van der Waals surface area contributed by atoms with E-state index >= 15 is 0 Å². The molecule has 2 aromatic carbocycles. The zero-order valence-electron chi connectivity index (χ0n) is 14.0. The SMILES string of the molecule is CN(C)CCOc1ccccc1-c1nccc(-c2ccccc2)n1. The fourth-order valence-electron chi connectivity index (χ4n) is 2.37. The summed E-state index contributed by atoms with van der Waals surface area (Å²) in [4.78, 5) is 11.2. The molecule has 1 heterocycles. The quantitative estimate of drug-likeness (QED) is 0.693. The summed E-state index contributed by atoms with van der Waals surface area (Å²) < 4.78 is 5.93. The zero-order valence-corrected chi connectivity index (χ0v) is 14.0. The maximum absolute atomic E-state index is 5.93. The number of hydrogen-bond acceptors (Lipinski definition) is 4. The van der Waals surface area contributed by atoms with E-state index < -0.39 is 0 Å². The molecule has 0 amide bonds. The highest BCUT2D eigenvalue weighted by Gasteiger charge is 2.10. The van der Waals surface area contributed by atoms with E-state index in [1.807, 2.05) is 74.8 Å². The maximum Gasteiger partial charge on any atom is 0.163 e. The van der Waals surface area contributed by atoms with Gasteiger partial charge >= 0.3 is 0 Å². The minimum absolute atomic E-state index is 0.627. The van der Waals surface area contributed by atoms with Gasteiger partial charge in [-0.15, -0.1) is 0 Å². The Morgan fingerprint density at radius 1 is 0.917 bits per heavy atom. The first-order chi connectivity index (χ1) is 11.7. The lowest BCUT2D eigenvalue weighted by atomic mass is 10.1. The largest absolute Gasteiger partial charge is 0.491 e. The van der Waals surface area contributed by atoms with Gasteiger partial charge in [-0.1, -0.05) is 42.5 Å². The van der Waals surface area contributed by atoms with Gasteiger partial charge < -0.3 is 9.64 Å². The highest BCUT2D eigenvalue weighted by atomic mass is 16.5. The monoisotopic (exact) mass is 319 g/mol. The fourth-order valence-corrected chi connectivity index (χ4v) is 2.37. The summed E-state index contributed by atoms with van der Waals surface area (Å²) >= 11 is 0. The van der Waals surface area contributed by atoms with Crippen LogP contribution < -0.4 is 4.74 Å². The van der Waals surface area contributed by atoms with Gasteiger partial charge in [-0.25, -0.2) is 9.97 Å². The normalized spacial score (nSPS) is 10.8. The molecule has 3 rings (SSSR count). The van der Waals surface area contributed by atoms with Crippen LogP contribution in [0.25, 0.3) is 22.6 Å². The molecule has 0 bridgehead atoms. The van der Waals surface area contributed by atoms with Crippen molar-refractivity contribution in [2.75, 3.05) is 27.2 Å². The summed E-state index contributed by atoms with van der Waals surface area (Å²) in [6.45, 7) is 1.49. The zero-order chi connectivity index (χ0) is 16.8. The Bertz CT molecular complexity index is 788. The van der Waals surface area contributed by atoms with Crippen molar-refractivity contribution in [1.29, 1.82) is 0 Å². The van der Waals surface area contributed by atoms with Gasteiger partial charge in [0.1, 0.15) is 12.4 Å². The molecule has 0 aliphatic carbocycles. The van der Waals surface area contributed by atoms with E-state index in [1.165, 1.54) is 0 Å². The second-order valence-corrected chi connectivity index (χ2v) is 5.78. The Morgan fingerprint density at radius 3 is 2.46 bits per heavy atom. The number of likely N-dealkylation sites (N-methyl/N-ethyl adjacent to an activating group) is 1. The maximum atomic E-state index is 5.93. The van der Waals surface area contributed by atoms with Gasteiger partial charge in [0.25, 0.3) is 0 Å². The van der Waals surface area contributed by atoms with E-state index in [9.17, 15) is 0 Å². The van der Waals surface area contributed by atoms with Crippen molar-refractivity contribution >= 4 is 0 Å². The number of benzene rings is 2. The number of hydrogen-bond donors (Lipinski definition) is 0. The fraction of sp³-hybridized carbons (Fsp3) is 0.200. The van der Waals surface area contributed by atoms with E-state index in [1.54, 1.807) is 6.20 Å². The minimum Gasteiger partial charge on any atom is -0.491 e. The Kier molecular flexibility index (Phi) is 5.18. The summed E-state index contributed by atoms with van der Waals surface area (Å²) in [6, 6.07) is 19.9. The smallest absolute Gasteiger partial charge is 0.163 e. The van der Waals surface area contributed by atoms with E-state index in [-0.39, 0.29) is 0 Å². The van der Waals surface area contributed by atoms with Crippen LogP contribution in [0, 0.1) is 0 Å². The highest BCUT2D eigenvalue weighted by molar-refractivity contribution is 5.67. The number of ether oxygens (including phenoxy) is 1. The topological polar surface area (TPSA) is 38.2 Å². The molecule has 24 heavy (non-hydrogen) atoms. The first-order valence-electron chi connectivity index (χ1n) is 7.99. The molecule has 1 aromatic heterocycles. The lowest BCUT2D eigenvalue weighted by Crippen LogP contribution is -2.19.